The number of carbonyl (C=O) groups excluding carboxylic acids is 1. The van der Waals surface area contributed by atoms with Crippen LogP contribution in [0.5, 0.6) is 0 Å². The number of pyridine rings is 1. The molecular formula is C20H17ClN4O2. The van der Waals surface area contributed by atoms with E-state index in [1.54, 1.807) is 12.1 Å². The van der Waals surface area contributed by atoms with Crippen LogP contribution in [0.25, 0.3) is 22.5 Å². The zero-order valence-electron chi connectivity index (χ0n) is 14.2. The molecule has 136 valence electrons. The SMILES string of the molecule is NN/C(=C\O)C(=O)Nc1ccc(-c2cccc(-c3cccc(Cl)c3)n2)cc1. The molecule has 0 fully saturated rings. The summed E-state index contributed by atoms with van der Waals surface area (Å²) in [5, 5.41) is 12.2. The molecule has 1 aromatic heterocycles. The van der Waals surface area contributed by atoms with Gasteiger partial charge < -0.3 is 15.8 Å². The Balaban J connectivity index is 1.81. The molecule has 0 aliphatic carbocycles. The number of anilines is 1. The normalized spacial score (nSPS) is 11.1. The van der Waals surface area contributed by atoms with Gasteiger partial charge in [-0.2, -0.15) is 0 Å². The fourth-order valence-electron chi connectivity index (χ4n) is 2.49. The molecule has 0 spiro atoms. The summed E-state index contributed by atoms with van der Waals surface area (Å²) in [5.74, 6) is 4.61. The minimum Gasteiger partial charge on any atom is -0.513 e. The van der Waals surface area contributed by atoms with E-state index in [0.29, 0.717) is 17.0 Å². The van der Waals surface area contributed by atoms with Crippen molar-refractivity contribution in [1.29, 1.82) is 0 Å². The molecule has 0 saturated carbocycles. The zero-order chi connectivity index (χ0) is 19.2. The number of halogens is 1. The van der Waals surface area contributed by atoms with Crippen molar-refractivity contribution in [3.05, 3.63) is 83.7 Å². The van der Waals surface area contributed by atoms with Crippen LogP contribution in [0.2, 0.25) is 5.02 Å². The van der Waals surface area contributed by atoms with Crippen molar-refractivity contribution in [3.63, 3.8) is 0 Å². The second-order valence-electron chi connectivity index (χ2n) is 5.64. The van der Waals surface area contributed by atoms with E-state index in [-0.39, 0.29) is 5.70 Å². The minimum atomic E-state index is -0.547. The molecule has 5 N–H and O–H groups in total. The van der Waals surface area contributed by atoms with Crippen molar-refractivity contribution in [2.24, 2.45) is 5.84 Å². The Labute approximate surface area is 161 Å². The monoisotopic (exact) mass is 380 g/mol. The number of nitrogens with two attached hydrogens (primary N) is 1. The van der Waals surface area contributed by atoms with Crippen LogP contribution < -0.4 is 16.6 Å². The highest BCUT2D eigenvalue weighted by Gasteiger charge is 2.09. The molecule has 7 heteroatoms. The molecule has 0 radical (unpaired) electrons. The van der Waals surface area contributed by atoms with Crippen LogP contribution in [0.3, 0.4) is 0 Å². The summed E-state index contributed by atoms with van der Waals surface area (Å²) in [4.78, 5) is 16.5. The summed E-state index contributed by atoms with van der Waals surface area (Å²) in [6.45, 7) is 0. The van der Waals surface area contributed by atoms with Gasteiger partial charge in [-0.15, -0.1) is 0 Å². The van der Waals surface area contributed by atoms with Crippen LogP contribution in [0.15, 0.2) is 78.7 Å². The molecule has 6 nitrogen and oxygen atoms in total. The highest BCUT2D eigenvalue weighted by atomic mass is 35.5. The van der Waals surface area contributed by atoms with Gasteiger partial charge in [-0.05, 0) is 36.4 Å². The lowest BCUT2D eigenvalue weighted by Gasteiger charge is -2.09. The zero-order valence-corrected chi connectivity index (χ0v) is 14.9. The van der Waals surface area contributed by atoms with Crippen molar-refractivity contribution in [2.75, 3.05) is 5.32 Å². The predicted molar refractivity (Wildman–Crippen MR) is 107 cm³/mol. The first-order chi connectivity index (χ1) is 13.1. The summed E-state index contributed by atoms with van der Waals surface area (Å²) >= 11 is 6.06. The largest absolute Gasteiger partial charge is 0.513 e. The van der Waals surface area contributed by atoms with Gasteiger partial charge in [-0.1, -0.05) is 41.9 Å². The summed E-state index contributed by atoms with van der Waals surface area (Å²) in [6.07, 6.45) is 0.606. The lowest BCUT2D eigenvalue weighted by molar-refractivity contribution is -0.113. The molecule has 0 aliphatic heterocycles. The number of aliphatic hydroxyl groups is 1. The first-order valence-electron chi connectivity index (χ1n) is 8.06. The molecule has 3 rings (SSSR count). The molecule has 1 heterocycles. The number of amides is 1. The van der Waals surface area contributed by atoms with Crippen LogP contribution >= 0.6 is 11.6 Å². The second kappa shape index (κ2) is 8.35. The molecule has 0 saturated heterocycles. The second-order valence-corrected chi connectivity index (χ2v) is 6.07. The standard InChI is InChI=1S/C20H17ClN4O2/c21-15-4-1-3-14(11-15)18-6-2-5-17(24-18)13-7-9-16(10-8-13)23-20(27)19(12-26)25-22/h1-12,25-26H,22H2,(H,23,27)/b19-12-. The predicted octanol–water partition coefficient (Wildman–Crippen LogP) is 3.87. The molecular weight excluding hydrogens is 364 g/mol. The number of rotatable bonds is 5. The number of aliphatic hydroxyl groups excluding tert-OH is 1. The van der Waals surface area contributed by atoms with Gasteiger partial charge in [0.25, 0.3) is 5.91 Å². The van der Waals surface area contributed by atoms with E-state index in [0.717, 1.165) is 22.5 Å². The average Bonchev–Trinajstić information content (AvgIpc) is 2.69. The number of carbonyl (C=O) groups is 1. The van der Waals surface area contributed by atoms with Gasteiger partial charge in [0.05, 0.1) is 11.4 Å². The van der Waals surface area contributed by atoms with Crippen LogP contribution in [0.4, 0.5) is 5.69 Å². The Kier molecular flexibility index (Phi) is 5.71. The Morgan fingerprint density at radius 1 is 1.00 bits per heavy atom. The van der Waals surface area contributed by atoms with E-state index in [2.05, 4.69) is 15.7 Å². The molecule has 2 aromatic carbocycles. The third kappa shape index (κ3) is 4.44. The lowest BCUT2D eigenvalue weighted by Crippen LogP contribution is -2.30. The van der Waals surface area contributed by atoms with Crippen molar-refractivity contribution < 1.29 is 9.90 Å². The number of hydrazine groups is 1. The van der Waals surface area contributed by atoms with Crippen LogP contribution in [0.1, 0.15) is 0 Å². The fraction of sp³-hybridized carbons (Fsp3) is 0. The number of hydrogen-bond acceptors (Lipinski definition) is 5. The maximum absolute atomic E-state index is 11.9. The Morgan fingerprint density at radius 3 is 2.30 bits per heavy atom. The van der Waals surface area contributed by atoms with Gasteiger partial charge in [0.1, 0.15) is 12.0 Å². The van der Waals surface area contributed by atoms with Crippen molar-refractivity contribution >= 4 is 23.2 Å². The van der Waals surface area contributed by atoms with Crippen molar-refractivity contribution in [2.45, 2.75) is 0 Å². The summed E-state index contributed by atoms with van der Waals surface area (Å²) in [6, 6.07) is 20.5. The highest BCUT2D eigenvalue weighted by molar-refractivity contribution is 6.30. The van der Waals surface area contributed by atoms with E-state index >= 15 is 0 Å². The van der Waals surface area contributed by atoms with E-state index < -0.39 is 5.91 Å². The van der Waals surface area contributed by atoms with Crippen LogP contribution in [-0.2, 0) is 4.79 Å². The lowest BCUT2D eigenvalue weighted by atomic mass is 10.1. The number of nitrogens with zero attached hydrogens (tertiary/aromatic N) is 1. The first-order valence-corrected chi connectivity index (χ1v) is 8.44. The van der Waals surface area contributed by atoms with Gasteiger partial charge >= 0.3 is 0 Å². The maximum Gasteiger partial charge on any atom is 0.276 e. The number of hydrogen-bond donors (Lipinski definition) is 4. The summed E-state index contributed by atoms with van der Waals surface area (Å²) < 4.78 is 0. The van der Waals surface area contributed by atoms with E-state index in [9.17, 15) is 4.79 Å². The Morgan fingerprint density at radius 2 is 1.67 bits per heavy atom. The smallest absolute Gasteiger partial charge is 0.276 e. The Hall–Kier alpha value is -3.35. The number of aromatic nitrogens is 1. The van der Waals surface area contributed by atoms with Gasteiger partial charge in [0.2, 0.25) is 0 Å². The van der Waals surface area contributed by atoms with Crippen molar-refractivity contribution in [1.82, 2.24) is 10.4 Å². The third-order valence-corrected chi connectivity index (χ3v) is 4.07. The first kappa shape index (κ1) is 18.4. The van der Waals surface area contributed by atoms with Gasteiger partial charge in [0.15, 0.2) is 0 Å². The number of nitrogens with one attached hydrogen (secondary N) is 2. The molecule has 1 amide bonds. The quantitative estimate of drug-likeness (QED) is 0.233. The maximum atomic E-state index is 11.9. The molecule has 0 bridgehead atoms. The number of benzene rings is 2. The molecule has 27 heavy (non-hydrogen) atoms. The minimum absolute atomic E-state index is 0.144. The average molecular weight is 381 g/mol. The van der Waals surface area contributed by atoms with E-state index in [1.807, 2.05) is 54.6 Å². The summed E-state index contributed by atoms with van der Waals surface area (Å²) in [5.41, 5.74) is 5.98. The van der Waals surface area contributed by atoms with E-state index in [1.165, 1.54) is 0 Å². The molecule has 0 atom stereocenters. The van der Waals surface area contributed by atoms with Gasteiger partial charge in [-0.3, -0.25) is 10.6 Å². The van der Waals surface area contributed by atoms with E-state index in [4.69, 9.17) is 22.6 Å². The van der Waals surface area contributed by atoms with Crippen molar-refractivity contribution in [3.8, 4) is 22.5 Å². The third-order valence-electron chi connectivity index (χ3n) is 3.84. The Bertz CT molecular complexity index is 987. The van der Waals surface area contributed by atoms with Crippen LogP contribution in [-0.4, -0.2) is 16.0 Å². The highest BCUT2D eigenvalue weighted by Crippen LogP contribution is 2.25. The van der Waals surface area contributed by atoms with Crippen LogP contribution in [0, 0.1) is 0 Å². The topological polar surface area (TPSA) is 100 Å². The molecule has 3 aromatic rings. The summed E-state index contributed by atoms with van der Waals surface area (Å²) in [7, 11) is 0. The van der Waals surface area contributed by atoms with Gasteiger partial charge in [-0.25, -0.2) is 4.98 Å². The van der Waals surface area contributed by atoms with Gasteiger partial charge in [0, 0.05) is 21.8 Å². The molecule has 0 unspecified atom stereocenters. The molecule has 0 aliphatic rings. The fourth-order valence-corrected chi connectivity index (χ4v) is 2.68.